The van der Waals surface area contributed by atoms with Crippen molar-refractivity contribution < 1.29 is 24.2 Å². The first-order valence-electron chi connectivity index (χ1n) is 5.41. The van der Waals surface area contributed by atoms with Gasteiger partial charge in [0.05, 0.1) is 12.8 Å². The van der Waals surface area contributed by atoms with Gasteiger partial charge in [0.2, 0.25) is 0 Å². The van der Waals surface area contributed by atoms with E-state index >= 15 is 0 Å². The Balaban J connectivity index is 0.000000281. The Labute approximate surface area is 96.6 Å². The number of rotatable bonds is 3. The standard InChI is InChI=1S/C6H14OSi.C4H6O4/c1-8(2)6-4-3-5-7-8;5-3(6)1-2-4(7)8/h3-6H2,1-2H3;1-2H2,(H,5,6)(H,7,8). The van der Waals surface area contributed by atoms with Gasteiger partial charge in [-0.1, -0.05) is 6.42 Å². The van der Waals surface area contributed by atoms with Crippen LogP contribution >= 0.6 is 0 Å². The summed E-state index contributed by atoms with van der Waals surface area (Å²) in [6.45, 7) is 5.62. The summed E-state index contributed by atoms with van der Waals surface area (Å²) in [4.78, 5) is 19.3. The van der Waals surface area contributed by atoms with Crippen LogP contribution in [0.2, 0.25) is 19.1 Å². The van der Waals surface area contributed by atoms with Gasteiger partial charge in [0, 0.05) is 6.61 Å². The molecule has 0 aliphatic carbocycles. The fraction of sp³-hybridized carbons (Fsp3) is 0.800. The van der Waals surface area contributed by atoms with E-state index in [2.05, 4.69) is 13.1 Å². The van der Waals surface area contributed by atoms with Crippen molar-refractivity contribution in [3.05, 3.63) is 0 Å². The Morgan fingerprint density at radius 1 is 1.12 bits per heavy atom. The first kappa shape index (κ1) is 15.1. The van der Waals surface area contributed by atoms with Crippen molar-refractivity contribution in [2.45, 2.75) is 44.8 Å². The zero-order chi connectivity index (χ0) is 12.6. The molecule has 1 rings (SSSR count). The summed E-state index contributed by atoms with van der Waals surface area (Å²) in [6.07, 6.45) is 2.10. The highest BCUT2D eigenvalue weighted by Gasteiger charge is 2.24. The predicted molar refractivity (Wildman–Crippen MR) is 62.0 cm³/mol. The van der Waals surface area contributed by atoms with Gasteiger partial charge in [0.1, 0.15) is 0 Å². The molecule has 6 heteroatoms. The molecule has 1 aliphatic heterocycles. The van der Waals surface area contributed by atoms with E-state index in [1.807, 2.05) is 0 Å². The summed E-state index contributed by atoms with van der Waals surface area (Å²) in [6, 6.07) is 1.37. The molecule has 1 saturated heterocycles. The minimum Gasteiger partial charge on any atom is -0.481 e. The van der Waals surface area contributed by atoms with Gasteiger partial charge in [-0.15, -0.1) is 0 Å². The molecule has 0 radical (unpaired) electrons. The van der Waals surface area contributed by atoms with E-state index in [0.29, 0.717) is 0 Å². The van der Waals surface area contributed by atoms with Crippen LogP contribution in [0.4, 0.5) is 0 Å². The summed E-state index contributed by atoms with van der Waals surface area (Å²) < 4.78 is 5.60. The topological polar surface area (TPSA) is 83.8 Å². The van der Waals surface area contributed by atoms with Gasteiger partial charge in [0.25, 0.3) is 0 Å². The van der Waals surface area contributed by atoms with Gasteiger partial charge in [-0.2, -0.15) is 0 Å². The molecule has 0 aromatic rings. The zero-order valence-corrected chi connectivity index (χ0v) is 10.9. The Bertz CT molecular complexity index is 217. The second-order valence-electron chi connectivity index (χ2n) is 4.35. The van der Waals surface area contributed by atoms with Gasteiger partial charge in [0.15, 0.2) is 8.32 Å². The van der Waals surface area contributed by atoms with Gasteiger partial charge < -0.3 is 14.6 Å². The van der Waals surface area contributed by atoms with E-state index < -0.39 is 20.3 Å². The number of hydrogen-bond donors (Lipinski definition) is 2. The summed E-state index contributed by atoms with van der Waals surface area (Å²) in [5.41, 5.74) is 0. The Morgan fingerprint density at radius 2 is 1.62 bits per heavy atom. The lowest BCUT2D eigenvalue weighted by atomic mass is 10.3. The lowest BCUT2D eigenvalue weighted by Crippen LogP contribution is -2.33. The quantitative estimate of drug-likeness (QED) is 0.746. The van der Waals surface area contributed by atoms with Gasteiger partial charge >= 0.3 is 11.9 Å². The molecule has 5 nitrogen and oxygen atoms in total. The summed E-state index contributed by atoms with van der Waals surface area (Å²) in [5.74, 6) is -2.15. The Kier molecular flexibility index (Phi) is 6.99. The van der Waals surface area contributed by atoms with Crippen LogP contribution in [0.15, 0.2) is 0 Å². The van der Waals surface area contributed by atoms with E-state index in [1.165, 1.54) is 18.9 Å². The zero-order valence-electron chi connectivity index (χ0n) is 9.86. The van der Waals surface area contributed by atoms with Gasteiger partial charge in [-0.05, 0) is 25.6 Å². The van der Waals surface area contributed by atoms with Gasteiger partial charge in [-0.3, -0.25) is 9.59 Å². The smallest absolute Gasteiger partial charge is 0.303 e. The van der Waals surface area contributed by atoms with E-state index in [-0.39, 0.29) is 12.8 Å². The molecule has 0 unspecified atom stereocenters. The minimum absolute atomic E-state index is 0.296. The fourth-order valence-electron chi connectivity index (χ4n) is 1.29. The third kappa shape index (κ3) is 9.66. The SMILES string of the molecule is C[Si]1(C)CCCCO1.O=C(O)CCC(=O)O. The van der Waals surface area contributed by atoms with Crippen LogP contribution in [-0.2, 0) is 14.0 Å². The molecule has 0 spiro atoms. The summed E-state index contributed by atoms with van der Waals surface area (Å²) in [5, 5.41) is 15.8. The lowest BCUT2D eigenvalue weighted by molar-refractivity contribution is -0.143. The molecule has 94 valence electrons. The summed E-state index contributed by atoms with van der Waals surface area (Å²) >= 11 is 0. The maximum atomic E-state index is 9.64. The molecule has 0 aromatic carbocycles. The first-order chi connectivity index (χ1) is 7.33. The van der Waals surface area contributed by atoms with Crippen LogP contribution in [0.3, 0.4) is 0 Å². The summed E-state index contributed by atoms with van der Waals surface area (Å²) in [7, 11) is -1.09. The second kappa shape index (κ2) is 7.40. The van der Waals surface area contributed by atoms with E-state index in [1.54, 1.807) is 0 Å². The van der Waals surface area contributed by atoms with Crippen LogP contribution in [0, 0.1) is 0 Å². The minimum atomic E-state index is -1.09. The molecule has 0 aromatic heterocycles. The highest BCUT2D eigenvalue weighted by molar-refractivity contribution is 6.71. The Hall–Kier alpha value is -0.883. The van der Waals surface area contributed by atoms with Crippen LogP contribution < -0.4 is 0 Å². The number of carbonyl (C=O) groups is 2. The van der Waals surface area contributed by atoms with E-state index in [9.17, 15) is 9.59 Å². The average molecular weight is 248 g/mol. The molecular weight excluding hydrogens is 228 g/mol. The van der Waals surface area contributed by atoms with Crippen LogP contribution in [0.5, 0.6) is 0 Å². The van der Waals surface area contributed by atoms with Crippen molar-refractivity contribution in [3.8, 4) is 0 Å². The van der Waals surface area contributed by atoms with Crippen molar-refractivity contribution in [1.82, 2.24) is 0 Å². The number of carboxylic acids is 2. The first-order valence-corrected chi connectivity index (χ1v) is 8.52. The molecule has 1 aliphatic rings. The molecule has 1 heterocycles. The molecule has 0 atom stereocenters. The molecule has 0 saturated carbocycles. The predicted octanol–water partition coefficient (Wildman–Crippen LogP) is 1.94. The van der Waals surface area contributed by atoms with E-state index in [0.717, 1.165) is 6.61 Å². The third-order valence-corrected chi connectivity index (χ3v) is 4.76. The molecule has 16 heavy (non-hydrogen) atoms. The van der Waals surface area contributed by atoms with Crippen molar-refractivity contribution in [2.24, 2.45) is 0 Å². The maximum Gasteiger partial charge on any atom is 0.303 e. The van der Waals surface area contributed by atoms with Crippen LogP contribution in [0.1, 0.15) is 25.7 Å². The van der Waals surface area contributed by atoms with Crippen LogP contribution in [0.25, 0.3) is 0 Å². The normalized spacial score (nSPS) is 18.1. The van der Waals surface area contributed by atoms with Crippen molar-refractivity contribution in [1.29, 1.82) is 0 Å². The molecule has 0 bridgehead atoms. The third-order valence-electron chi connectivity index (χ3n) is 2.22. The monoisotopic (exact) mass is 248 g/mol. The van der Waals surface area contributed by atoms with Crippen molar-refractivity contribution in [3.63, 3.8) is 0 Å². The highest BCUT2D eigenvalue weighted by Crippen LogP contribution is 2.20. The van der Waals surface area contributed by atoms with E-state index in [4.69, 9.17) is 14.6 Å². The number of aliphatic carboxylic acids is 2. The lowest BCUT2D eigenvalue weighted by Gasteiger charge is -2.27. The molecule has 1 fully saturated rings. The molecule has 0 amide bonds. The maximum absolute atomic E-state index is 9.64. The highest BCUT2D eigenvalue weighted by atomic mass is 28.4. The van der Waals surface area contributed by atoms with Crippen molar-refractivity contribution in [2.75, 3.05) is 6.61 Å². The number of carboxylic acid groups (broad SMARTS) is 2. The Morgan fingerprint density at radius 3 is 1.81 bits per heavy atom. The second-order valence-corrected chi connectivity index (χ2v) is 8.66. The average Bonchev–Trinajstić information content (AvgIpc) is 2.15. The number of hydrogen-bond acceptors (Lipinski definition) is 3. The van der Waals surface area contributed by atoms with Gasteiger partial charge in [-0.25, -0.2) is 0 Å². The molecule has 2 N–H and O–H groups in total. The molecular formula is C10H20O5Si. The van der Waals surface area contributed by atoms with Crippen LogP contribution in [-0.4, -0.2) is 37.1 Å². The fourth-order valence-corrected chi connectivity index (χ4v) is 3.23. The largest absolute Gasteiger partial charge is 0.481 e. The van der Waals surface area contributed by atoms with Crippen molar-refractivity contribution >= 4 is 20.3 Å².